The second kappa shape index (κ2) is 13.5. The van der Waals surface area contributed by atoms with Gasteiger partial charge in [-0.1, -0.05) is 23.7 Å². The van der Waals surface area contributed by atoms with Crippen LogP contribution in [0, 0.1) is 0 Å². The number of nitrogens with zero attached hydrogens (tertiary/aromatic N) is 3. The molecule has 0 radical (unpaired) electrons. The van der Waals surface area contributed by atoms with Crippen molar-refractivity contribution in [1.82, 2.24) is 20.4 Å². The van der Waals surface area contributed by atoms with E-state index >= 15 is 0 Å². The van der Waals surface area contributed by atoms with Crippen LogP contribution in [0.5, 0.6) is 0 Å². The predicted molar refractivity (Wildman–Crippen MR) is 129 cm³/mol. The molecule has 1 aromatic rings. The van der Waals surface area contributed by atoms with E-state index in [0.29, 0.717) is 37.2 Å². The molecule has 0 aliphatic carbocycles. The third-order valence-corrected chi connectivity index (χ3v) is 4.85. The number of hydrogen-bond acceptors (Lipinski definition) is 4. The standard InChI is InChI=1S/C20H30ClN5O3.HI/c1-4-29-20(28)26-11-9-17(10-12-26)24-19(23-14-18(27)25(2)3)22-13-15-5-7-16(21)8-6-15;/h5-8,17H,4,9-14H2,1-3H3,(H2,22,23,24);1H. The van der Waals surface area contributed by atoms with Crippen molar-refractivity contribution in [2.24, 2.45) is 4.99 Å². The van der Waals surface area contributed by atoms with Crippen molar-refractivity contribution in [2.45, 2.75) is 32.4 Å². The van der Waals surface area contributed by atoms with Crippen LogP contribution in [0.25, 0.3) is 0 Å². The molecule has 1 aliphatic heterocycles. The van der Waals surface area contributed by atoms with Gasteiger partial charge in [0.2, 0.25) is 5.91 Å². The second-order valence-corrected chi connectivity index (χ2v) is 7.47. The first-order valence-corrected chi connectivity index (χ1v) is 10.2. The Hall–Kier alpha value is -1.75. The van der Waals surface area contributed by atoms with Crippen LogP contribution in [0.3, 0.4) is 0 Å². The lowest BCUT2D eigenvalue weighted by atomic mass is 10.1. The van der Waals surface area contributed by atoms with Crippen molar-refractivity contribution >= 4 is 53.5 Å². The number of carbonyl (C=O) groups is 2. The van der Waals surface area contributed by atoms with Crippen molar-refractivity contribution in [2.75, 3.05) is 40.3 Å². The number of hydrogen-bond donors (Lipinski definition) is 2. The molecule has 168 valence electrons. The molecular formula is C20H31ClIN5O3. The van der Waals surface area contributed by atoms with Gasteiger partial charge in [-0.25, -0.2) is 9.79 Å². The summed E-state index contributed by atoms with van der Waals surface area (Å²) in [6.45, 7) is 4.04. The molecule has 1 fully saturated rings. The lowest BCUT2D eigenvalue weighted by Gasteiger charge is -2.32. The van der Waals surface area contributed by atoms with Crippen LogP contribution in [0.4, 0.5) is 4.79 Å². The van der Waals surface area contributed by atoms with Gasteiger partial charge in [0.05, 0.1) is 19.7 Å². The zero-order valence-electron chi connectivity index (χ0n) is 17.7. The molecule has 1 heterocycles. The third kappa shape index (κ3) is 8.95. The van der Waals surface area contributed by atoms with Gasteiger partial charge in [-0.15, -0.1) is 24.0 Å². The van der Waals surface area contributed by atoms with E-state index in [1.54, 1.807) is 25.9 Å². The molecule has 8 nitrogen and oxygen atoms in total. The Kier molecular flexibility index (Phi) is 11.9. The first-order chi connectivity index (χ1) is 13.9. The van der Waals surface area contributed by atoms with Gasteiger partial charge in [0.1, 0.15) is 0 Å². The smallest absolute Gasteiger partial charge is 0.409 e. The number of aliphatic imine (C=N–C) groups is 1. The fourth-order valence-electron chi connectivity index (χ4n) is 2.84. The fraction of sp³-hybridized carbons (Fsp3) is 0.550. The summed E-state index contributed by atoms with van der Waals surface area (Å²) in [4.78, 5) is 31.6. The predicted octanol–water partition coefficient (Wildman–Crippen LogP) is 2.70. The number of guanidine groups is 1. The zero-order valence-corrected chi connectivity index (χ0v) is 20.8. The van der Waals surface area contributed by atoms with Gasteiger partial charge in [-0.2, -0.15) is 0 Å². The van der Waals surface area contributed by atoms with Crippen LogP contribution in [0.1, 0.15) is 25.3 Å². The zero-order chi connectivity index (χ0) is 21.2. The Balaban J connectivity index is 0.00000450. The van der Waals surface area contributed by atoms with Crippen molar-refractivity contribution < 1.29 is 14.3 Å². The molecule has 2 rings (SSSR count). The Labute approximate surface area is 200 Å². The van der Waals surface area contributed by atoms with E-state index in [4.69, 9.17) is 16.3 Å². The summed E-state index contributed by atoms with van der Waals surface area (Å²) < 4.78 is 5.06. The molecule has 2 amide bonds. The molecule has 30 heavy (non-hydrogen) atoms. The molecule has 0 aromatic heterocycles. The normalized spacial score (nSPS) is 14.5. The SMILES string of the molecule is CCOC(=O)N1CCC(NC(=NCc2ccc(Cl)cc2)NCC(=O)N(C)C)CC1.I. The minimum atomic E-state index is -0.266. The Bertz CT molecular complexity index is 707. The molecule has 2 N–H and O–H groups in total. The van der Waals surface area contributed by atoms with Crippen LogP contribution in [-0.2, 0) is 16.1 Å². The highest BCUT2D eigenvalue weighted by Crippen LogP contribution is 2.12. The second-order valence-electron chi connectivity index (χ2n) is 7.04. The average Bonchev–Trinajstić information content (AvgIpc) is 2.71. The highest BCUT2D eigenvalue weighted by Gasteiger charge is 2.24. The van der Waals surface area contributed by atoms with Crippen LogP contribution in [-0.4, -0.2) is 74.1 Å². The van der Waals surface area contributed by atoms with Gasteiger partial charge in [-0.3, -0.25) is 4.79 Å². The van der Waals surface area contributed by atoms with Crippen molar-refractivity contribution in [3.05, 3.63) is 34.9 Å². The van der Waals surface area contributed by atoms with Gasteiger partial charge in [-0.05, 0) is 37.5 Å². The summed E-state index contributed by atoms with van der Waals surface area (Å²) in [5.74, 6) is 0.535. The quantitative estimate of drug-likeness (QED) is 0.323. The number of likely N-dealkylation sites (tertiary alicyclic amines) is 1. The molecule has 1 aromatic carbocycles. The number of nitrogens with one attached hydrogen (secondary N) is 2. The average molecular weight is 552 g/mol. The fourth-order valence-corrected chi connectivity index (χ4v) is 2.97. The number of halogens is 2. The molecule has 1 saturated heterocycles. The maximum atomic E-state index is 11.9. The lowest BCUT2D eigenvalue weighted by molar-refractivity contribution is -0.127. The van der Waals surface area contributed by atoms with E-state index in [9.17, 15) is 9.59 Å². The van der Waals surface area contributed by atoms with Crippen molar-refractivity contribution in [1.29, 1.82) is 0 Å². The third-order valence-electron chi connectivity index (χ3n) is 4.60. The Morgan fingerprint density at radius 3 is 2.43 bits per heavy atom. The minimum absolute atomic E-state index is 0. The summed E-state index contributed by atoms with van der Waals surface area (Å²) in [5, 5.41) is 7.17. The van der Waals surface area contributed by atoms with Gasteiger partial charge in [0.25, 0.3) is 0 Å². The molecule has 0 atom stereocenters. The van der Waals surface area contributed by atoms with E-state index in [0.717, 1.165) is 18.4 Å². The number of piperidine rings is 1. The largest absolute Gasteiger partial charge is 0.450 e. The molecule has 10 heteroatoms. The Morgan fingerprint density at radius 1 is 1.23 bits per heavy atom. The topological polar surface area (TPSA) is 86.3 Å². The summed E-state index contributed by atoms with van der Waals surface area (Å²) >= 11 is 5.93. The summed E-state index contributed by atoms with van der Waals surface area (Å²) in [5.41, 5.74) is 1.02. The van der Waals surface area contributed by atoms with Crippen LogP contribution >= 0.6 is 35.6 Å². The van der Waals surface area contributed by atoms with Gasteiger partial charge >= 0.3 is 6.09 Å². The minimum Gasteiger partial charge on any atom is -0.450 e. The van der Waals surface area contributed by atoms with Gasteiger partial charge in [0.15, 0.2) is 5.96 Å². The van der Waals surface area contributed by atoms with E-state index in [2.05, 4.69) is 15.6 Å². The molecule has 0 spiro atoms. The maximum Gasteiger partial charge on any atom is 0.409 e. The lowest BCUT2D eigenvalue weighted by Crippen LogP contribution is -2.51. The number of carbonyl (C=O) groups excluding carboxylic acids is 2. The highest BCUT2D eigenvalue weighted by atomic mass is 127. The van der Waals surface area contributed by atoms with E-state index in [-0.39, 0.29) is 48.6 Å². The van der Waals surface area contributed by atoms with E-state index in [1.807, 2.05) is 24.3 Å². The number of rotatable bonds is 6. The Morgan fingerprint density at radius 2 is 1.87 bits per heavy atom. The van der Waals surface area contributed by atoms with Crippen LogP contribution < -0.4 is 10.6 Å². The van der Waals surface area contributed by atoms with Crippen molar-refractivity contribution in [3.63, 3.8) is 0 Å². The van der Waals surface area contributed by atoms with Gasteiger partial charge < -0.3 is 25.2 Å². The molecular weight excluding hydrogens is 521 g/mol. The first kappa shape index (κ1) is 26.3. The van der Waals surface area contributed by atoms with Crippen LogP contribution in [0.2, 0.25) is 5.02 Å². The van der Waals surface area contributed by atoms with Crippen LogP contribution in [0.15, 0.2) is 29.3 Å². The van der Waals surface area contributed by atoms with E-state index < -0.39 is 0 Å². The van der Waals surface area contributed by atoms with E-state index in [1.165, 1.54) is 4.90 Å². The maximum absolute atomic E-state index is 11.9. The first-order valence-electron chi connectivity index (χ1n) is 9.80. The van der Waals surface area contributed by atoms with Gasteiger partial charge in [0, 0.05) is 38.2 Å². The molecule has 0 bridgehead atoms. The number of likely N-dealkylation sites (N-methyl/N-ethyl adjacent to an activating group) is 1. The molecule has 0 saturated carbocycles. The monoisotopic (exact) mass is 551 g/mol. The number of benzene rings is 1. The molecule has 1 aliphatic rings. The number of ether oxygens (including phenoxy) is 1. The summed E-state index contributed by atoms with van der Waals surface area (Å²) in [6.07, 6.45) is 1.29. The summed E-state index contributed by atoms with van der Waals surface area (Å²) in [6, 6.07) is 7.66. The summed E-state index contributed by atoms with van der Waals surface area (Å²) in [7, 11) is 3.43. The number of amides is 2. The molecule has 0 unspecified atom stereocenters. The van der Waals surface area contributed by atoms with Crippen molar-refractivity contribution in [3.8, 4) is 0 Å². The highest BCUT2D eigenvalue weighted by molar-refractivity contribution is 14.0.